The molecule has 2 heterocycles. The highest BCUT2D eigenvalue weighted by molar-refractivity contribution is 9.10. The number of benzene rings is 1. The molecule has 2 aromatic rings. The molecule has 1 amide bonds. The molecule has 1 atom stereocenters. The number of pyridine rings is 1. The number of ether oxygens (including phenoxy) is 1. The summed E-state index contributed by atoms with van der Waals surface area (Å²) in [7, 11) is 0. The number of carbonyl (C=O) groups excluding carboxylic acids is 1. The van der Waals surface area contributed by atoms with E-state index in [4.69, 9.17) is 10.5 Å². The van der Waals surface area contributed by atoms with Gasteiger partial charge in [-0.1, -0.05) is 15.9 Å². The third-order valence-corrected chi connectivity index (χ3v) is 4.46. The Morgan fingerprint density at radius 3 is 2.56 bits per heavy atom. The van der Waals surface area contributed by atoms with Gasteiger partial charge in [-0.15, -0.1) is 24.8 Å². The van der Waals surface area contributed by atoms with Gasteiger partial charge in [-0.2, -0.15) is 0 Å². The molecule has 0 aliphatic carbocycles. The fourth-order valence-corrected chi connectivity index (χ4v) is 2.97. The molecule has 8 heteroatoms. The van der Waals surface area contributed by atoms with Crippen LogP contribution in [0.15, 0.2) is 47.1 Å². The van der Waals surface area contributed by atoms with Gasteiger partial charge >= 0.3 is 0 Å². The van der Waals surface area contributed by atoms with Gasteiger partial charge in [0.1, 0.15) is 5.75 Å². The van der Waals surface area contributed by atoms with Crippen molar-refractivity contribution in [2.24, 2.45) is 5.73 Å². The first-order chi connectivity index (χ1) is 11.2. The fourth-order valence-electron chi connectivity index (χ4n) is 2.70. The number of halogens is 3. The van der Waals surface area contributed by atoms with Crippen molar-refractivity contribution < 1.29 is 9.53 Å². The highest BCUT2D eigenvalue weighted by Gasteiger charge is 2.28. The quantitative estimate of drug-likeness (QED) is 0.766. The number of nitrogens with two attached hydrogens (primary N) is 1. The molecule has 136 valence electrons. The molecule has 5 nitrogen and oxygen atoms in total. The van der Waals surface area contributed by atoms with Crippen LogP contribution in [0.1, 0.15) is 23.2 Å². The summed E-state index contributed by atoms with van der Waals surface area (Å²) < 4.78 is 6.64. The van der Waals surface area contributed by atoms with E-state index in [1.807, 2.05) is 29.2 Å². The number of likely N-dealkylation sites (tertiary alicyclic amines) is 1. The van der Waals surface area contributed by atoms with Crippen LogP contribution in [0.5, 0.6) is 11.6 Å². The van der Waals surface area contributed by atoms with Crippen LogP contribution in [0.3, 0.4) is 0 Å². The Kier molecular flexibility index (Phi) is 8.65. The lowest BCUT2D eigenvalue weighted by molar-refractivity contribution is 0.0740. The van der Waals surface area contributed by atoms with E-state index in [2.05, 4.69) is 20.9 Å². The van der Waals surface area contributed by atoms with Crippen LogP contribution < -0.4 is 10.5 Å². The van der Waals surface area contributed by atoms with E-state index < -0.39 is 0 Å². The molecule has 0 saturated carbocycles. The smallest absolute Gasteiger partial charge is 0.255 e. The summed E-state index contributed by atoms with van der Waals surface area (Å²) in [5, 5.41) is 0. The van der Waals surface area contributed by atoms with Gasteiger partial charge in [0, 0.05) is 35.9 Å². The van der Waals surface area contributed by atoms with Crippen molar-refractivity contribution in [1.82, 2.24) is 9.88 Å². The summed E-state index contributed by atoms with van der Waals surface area (Å²) in [6, 6.07) is 11.1. The van der Waals surface area contributed by atoms with Gasteiger partial charge in [0.05, 0.1) is 5.56 Å². The molecule has 0 radical (unpaired) electrons. The second-order valence-corrected chi connectivity index (χ2v) is 6.39. The Hall–Kier alpha value is -1.34. The number of rotatable bonds is 4. The number of nitrogens with zero attached hydrogens (tertiary/aromatic N) is 2. The van der Waals surface area contributed by atoms with Gasteiger partial charge in [0.25, 0.3) is 5.91 Å². The van der Waals surface area contributed by atoms with Gasteiger partial charge in [-0.3, -0.25) is 4.79 Å². The molecule has 1 fully saturated rings. The van der Waals surface area contributed by atoms with Crippen molar-refractivity contribution in [3.05, 3.63) is 52.6 Å². The average molecular weight is 449 g/mol. The average Bonchev–Trinajstić information content (AvgIpc) is 3.06. The molecule has 1 aliphatic rings. The van der Waals surface area contributed by atoms with E-state index in [-0.39, 0.29) is 36.8 Å². The fraction of sp³-hybridized carbons (Fsp3) is 0.294. The number of carbonyl (C=O) groups is 1. The first-order valence-corrected chi connectivity index (χ1v) is 8.37. The molecular weight excluding hydrogens is 429 g/mol. The highest BCUT2D eigenvalue weighted by atomic mass is 79.9. The van der Waals surface area contributed by atoms with E-state index in [9.17, 15) is 4.79 Å². The number of hydrogen-bond donors (Lipinski definition) is 1. The normalized spacial score (nSPS) is 15.9. The monoisotopic (exact) mass is 447 g/mol. The Morgan fingerprint density at radius 2 is 1.96 bits per heavy atom. The SMILES string of the molecule is Cl.Cl.NCC1CCCN1C(=O)c1ccc(Oc2ccc(Br)cc2)nc1. The summed E-state index contributed by atoms with van der Waals surface area (Å²) in [5.74, 6) is 1.14. The van der Waals surface area contributed by atoms with Crippen molar-refractivity contribution in [3.63, 3.8) is 0 Å². The van der Waals surface area contributed by atoms with Gasteiger partial charge in [0.2, 0.25) is 5.88 Å². The zero-order valence-electron chi connectivity index (χ0n) is 13.4. The summed E-state index contributed by atoms with van der Waals surface area (Å²) in [5.41, 5.74) is 6.29. The van der Waals surface area contributed by atoms with Crippen LogP contribution in [0, 0.1) is 0 Å². The summed E-state index contributed by atoms with van der Waals surface area (Å²) in [6.45, 7) is 1.27. The Bertz CT molecular complexity index is 683. The minimum Gasteiger partial charge on any atom is -0.439 e. The van der Waals surface area contributed by atoms with Crippen molar-refractivity contribution in [2.75, 3.05) is 13.1 Å². The second kappa shape index (κ2) is 9.97. The van der Waals surface area contributed by atoms with Crippen LogP contribution in [-0.2, 0) is 0 Å². The molecule has 0 bridgehead atoms. The maximum Gasteiger partial charge on any atom is 0.255 e. The standard InChI is InChI=1S/C17H18BrN3O2.2ClH/c18-13-4-6-15(7-5-13)23-16-8-3-12(11-20-16)17(22)21-9-1-2-14(21)10-19;;/h3-8,11,14H,1-2,9-10,19H2;2*1H. The Balaban J connectivity index is 0.00000156. The van der Waals surface area contributed by atoms with Crippen molar-refractivity contribution >= 4 is 46.7 Å². The molecule has 0 spiro atoms. The number of hydrogen-bond acceptors (Lipinski definition) is 4. The van der Waals surface area contributed by atoms with Crippen molar-refractivity contribution in [3.8, 4) is 11.6 Å². The van der Waals surface area contributed by atoms with Crippen molar-refractivity contribution in [1.29, 1.82) is 0 Å². The number of aromatic nitrogens is 1. The van der Waals surface area contributed by atoms with Crippen LogP contribution in [0.25, 0.3) is 0 Å². The van der Waals surface area contributed by atoms with E-state index in [0.29, 0.717) is 23.7 Å². The topological polar surface area (TPSA) is 68.5 Å². The van der Waals surface area contributed by atoms with Gasteiger partial charge in [-0.05, 0) is 43.2 Å². The second-order valence-electron chi connectivity index (χ2n) is 5.47. The summed E-state index contributed by atoms with van der Waals surface area (Å²) in [6.07, 6.45) is 3.54. The minimum absolute atomic E-state index is 0. The molecule has 1 aromatic heterocycles. The van der Waals surface area contributed by atoms with Crippen LogP contribution >= 0.6 is 40.7 Å². The zero-order chi connectivity index (χ0) is 16.2. The molecule has 1 unspecified atom stereocenters. The van der Waals surface area contributed by atoms with E-state index in [1.165, 1.54) is 0 Å². The molecular formula is C17H20BrCl2N3O2. The van der Waals surface area contributed by atoms with Crippen LogP contribution in [0.2, 0.25) is 0 Å². The van der Waals surface area contributed by atoms with Gasteiger partial charge in [0.15, 0.2) is 0 Å². The Morgan fingerprint density at radius 1 is 1.24 bits per heavy atom. The molecule has 2 N–H and O–H groups in total. The largest absolute Gasteiger partial charge is 0.439 e. The molecule has 1 aromatic carbocycles. The van der Waals surface area contributed by atoms with Gasteiger partial charge < -0.3 is 15.4 Å². The third kappa shape index (κ3) is 5.31. The first-order valence-electron chi connectivity index (χ1n) is 7.58. The third-order valence-electron chi connectivity index (χ3n) is 3.93. The molecule has 25 heavy (non-hydrogen) atoms. The lowest BCUT2D eigenvalue weighted by Gasteiger charge is -2.23. The zero-order valence-corrected chi connectivity index (χ0v) is 16.6. The highest BCUT2D eigenvalue weighted by Crippen LogP contribution is 2.23. The first kappa shape index (κ1) is 21.7. The predicted molar refractivity (Wildman–Crippen MR) is 106 cm³/mol. The maximum absolute atomic E-state index is 12.5. The van der Waals surface area contributed by atoms with Crippen molar-refractivity contribution in [2.45, 2.75) is 18.9 Å². The molecule has 3 rings (SSSR count). The van der Waals surface area contributed by atoms with E-state index >= 15 is 0 Å². The molecule has 1 saturated heterocycles. The minimum atomic E-state index is -0.0133. The summed E-state index contributed by atoms with van der Waals surface area (Å²) in [4.78, 5) is 18.6. The molecule has 1 aliphatic heterocycles. The summed E-state index contributed by atoms with van der Waals surface area (Å²) >= 11 is 3.38. The van der Waals surface area contributed by atoms with Gasteiger partial charge in [-0.25, -0.2) is 4.98 Å². The maximum atomic E-state index is 12.5. The predicted octanol–water partition coefficient (Wildman–Crippen LogP) is 4.04. The van der Waals surface area contributed by atoms with Crippen LogP contribution in [0.4, 0.5) is 0 Å². The van der Waals surface area contributed by atoms with Crippen LogP contribution in [-0.4, -0.2) is 34.9 Å². The van der Waals surface area contributed by atoms with E-state index in [0.717, 1.165) is 23.9 Å². The number of amides is 1. The lowest BCUT2D eigenvalue weighted by atomic mass is 10.2. The Labute approximate surface area is 167 Å². The van der Waals surface area contributed by atoms with E-state index in [1.54, 1.807) is 18.3 Å². The lowest BCUT2D eigenvalue weighted by Crippen LogP contribution is -2.39.